The largest absolute Gasteiger partial charge is 0.354 e. The molecule has 2 aromatic carbocycles. The van der Waals surface area contributed by atoms with Gasteiger partial charge in [-0.3, -0.25) is 9.88 Å². The number of hydrogen-bond donors (Lipinski definition) is 2. The Morgan fingerprint density at radius 3 is 2.63 bits per heavy atom. The SMILES string of the molecule is C=C[C@H]1CN2CC[C@H]1C[C@H]2[C@@H](NC(=S)N(c1ccccc1)[C@@H]1CCCC[C@H]1N)c1ccnc2ccccc12. The second kappa shape index (κ2) is 11.1. The number of hydrogen-bond acceptors (Lipinski definition) is 4. The number of thiocarbonyl (C=S) groups is 1. The minimum Gasteiger partial charge on any atom is -0.354 e. The molecule has 3 N–H and O–H groups in total. The molecule has 0 amide bonds. The van der Waals surface area contributed by atoms with Gasteiger partial charge in [0.05, 0.1) is 17.6 Å². The third-order valence-corrected chi connectivity index (χ3v) is 9.52. The standard InChI is InChI=1S/C32H39N5S/c1-2-22-21-36-19-17-23(22)20-30(36)31(26-16-18-34-28-14-8-6-12-25(26)28)35-32(38)37(24-10-4-3-5-11-24)29-15-9-7-13-27(29)33/h2-6,8,10-12,14,16,18,22-23,27,29-31H,1,7,9,13,15,17,19-21,33H2,(H,35,38)/t22-,23-,27+,29+,30-,31-/m0/s1. The average Bonchev–Trinajstić information content (AvgIpc) is 2.97. The molecule has 3 saturated heterocycles. The van der Waals surface area contributed by atoms with E-state index in [1.807, 2.05) is 6.20 Å². The molecule has 5 nitrogen and oxygen atoms in total. The van der Waals surface area contributed by atoms with Crippen molar-refractivity contribution in [2.24, 2.45) is 17.6 Å². The summed E-state index contributed by atoms with van der Waals surface area (Å²) >= 11 is 6.30. The first-order valence-corrected chi connectivity index (χ1v) is 14.7. The first kappa shape index (κ1) is 25.5. The summed E-state index contributed by atoms with van der Waals surface area (Å²) < 4.78 is 0. The number of nitrogens with one attached hydrogen (secondary N) is 1. The zero-order chi connectivity index (χ0) is 26.1. The van der Waals surface area contributed by atoms with Crippen molar-refractivity contribution in [1.29, 1.82) is 0 Å². The number of benzene rings is 2. The zero-order valence-electron chi connectivity index (χ0n) is 22.1. The van der Waals surface area contributed by atoms with Crippen LogP contribution in [0.1, 0.15) is 50.1 Å². The molecular formula is C32H39N5S. The molecule has 4 fully saturated rings. The van der Waals surface area contributed by atoms with E-state index in [9.17, 15) is 0 Å². The highest BCUT2D eigenvalue weighted by Gasteiger charge is 2.43. The summed E-state index contributed by atoms with van der Waals surface area (Å²) in [6, 6.07) is 21.9. The Kier molecular flexibility index (Phi) is 7.46. The van der Waals surface area contributed by atoms with Gasteiger partial charge in [-0.2, -0.15) is 0 Å². The molecule has 1 unspecified atom stereocenters. The van der Waals surface area contributed by atoms with Gasteiger partial charge in [0.15, 0.2) is 5.11 Å². The lowest BCUT2D eigenvalue weighted by molar-refractivity contribution is 0.00434. The molecule has 7 rings (SSSR count). The number of pyridine rings is 1. The Morgan fingerprint density at radius 2 is 1.87 bits per heavy atom. The number of nitrogens with two attached hydrogens (primary N) is 1. The van der Waals surface area contributed by atoms with Crippen molar-refractivity contribution in [3.63, 3.8) is 0 Å². The fraction of sp³-hybridized carbons (Fsp3) is 0.438. The summed E-state index contributed by atoms with van der Waals surface area (Å²) in [5, 5.41) is 5.90. The Bertz CT molecular complexity index is 1270. The Morgan fingerprint density at radius 1 is 1.08 bits per heavy atom. The Hall–Kier alpha value is -2.80. The summed E-state index contributed by atoms with van der Waals surface area (Å²) in [5.41, 5.74) is 10.1. The van der Waals surface area contributed by atoms with Gasteiger partial charge in [-0.25, -0.2) is 0 Å². The summed E-state index contributed by atoms with van der Waals surface area (Å²) in [4.78, 5) is 9.66. The maximum Gasteiger partial charge on any atom is 0.174 e. The fourth-order valence-electron chi connectivity index (χ4n) is 7.21. The van der Waals surface area contributed by atoms with E-state index >= 15 is 0 Å². The van der Waals surface area contributed by atoms with E-state index < -0.39 is 0 Å². The molecule has 1 saturated carbocycles. The van der Waals surface area contributed by atoms with Gasteiger partial charge >= 0.3 is 0 Å². The van der Waals surface area contributed by atoms with Gasteiger partial charge in [0, 0.05) is 35.9 Å². The highest BCUT2D eigenvalue weighted by atomic mass is 32.1. The molecule has 0 spiro atoms. The van der Waals surface area contributed by atoms with Crippen molar-refractivity contribution in [1.82, 2.24) is 15.2 Å². The Labute approximate surface area is 232 Å². The molecule has 0 radical (unpaired) electrons. The highest BCUT2D eigenvalue weighted by Crippen LogP contribution is 2.42. The maximum atomic E-state index is 6.74. The predicted octanol–water partition coefficient (Wildman–Crippen LogP) is 5.82. The van der Waals surface area contributed by atoms with E-state index in [-0.39, 0.29) is 18.1 Å². The van der Waals surface area contributed by atoms with E-state index in [2.05, 4.69) is 93.4 Å². The number of piperidine rings is 3. The molecule has 3 aliphatic heterocycles. The van der Waals surface area contributed by atoms with Crippen LogP contribution in [0, 0.1) is 11.8 Å². The van der Waals surface area contributed by atoms with Crippen molar-refractivity contribution < 1.29 is 0 Å². The van der Waals surface area contributed by atoms with Crippen LogP contribution < -0.4 is 16.0 Å². The lowest BCUT2D eigenvalue weighted by Crippen LogP contribution is -2.60. The highest BCUT2D eigenvalue weighted by molar-refractivity contribution is 7.80. The second-order valence-corrected chi connectivity index (χ2v) is 11.7. The molecule has 4 aliphatic rings. The van der Waals surface area contributed by atoms with Gasteiger partial charge in [0.25, 0.3) is 0 Å². The van der Waals surface area contributed by atoms with Crippen LogP contribution in [0.3, 0.4) is 0 Å². The predicted molar refractivity (Wildman–Crippen MR) is 161 cm³/mol. The van der Waals surface area contributed by atoms with Crippen LogP contribution in [-0.4, -0.2) is 46.2 Å². The number of para-hydroxylation sites is 2. The van der Waals surface area contributed by atoms with Crippen molar-refractivity contribution >= 4 is 33.9 Å². The number of nitrogens with zero attached hydrogens (tertiary/aromatic N) is 3. The minimum absolute atomic E-state index is 0.0509. The maximum absolute atomic E-state index is 6.74. The third-order valence-electron chi connectivity index (χ3n) is 9.20. The van der Waals surface area contributed by atoms with E-state index in [1.165, 1.54) is 30.2 Å². The van der Waals surface area contributed by atoms with E-state index in [0.29, 0.717) is 17.9 Å². The Balaban J connectivity index is 1.39. The number of anilines is 1. The summed E-state index contributed by atoms with van der Waals surface area (Å²) in [7, 11) is 0. The topological polar surface area (TPSA) is 57.4 Å². The molecule has 198 valence electrons. The molecule has 6 heteroatoms. The zero-order valence-corrected chi connectivity index (χ0v) is 22.9. The lowest BCUT2D eigenvalue weighted by atomic mass is 9.73. The molecule has 2 bridgehead atoms. The molecule has 38 heavy (non-hydrogen) atoms. The number of fused-ring (bicyclic) bond motifs is 4. The van der Waals surface area contributed by atoms with Crippen molar-refractivity contribution in [2.75, 3.05) is 18.0 Å². The molecule has 1 aliphatic carbocycles. The van der Waals surface area contributed by atoms with Gasteiger partial charge < -0.3 is 16.0 Å². The first-order valence-electron chi connectivity index (χ1n) is 14.2. The van der Waals surface area contributed by atoms with E-state index in [1.54, 1.807) is 0 Å². The van der Waals surface area contributed by atoms with Crippen LogP contribution in [0.25, 0.3) is 10.9 Å². The minimum atomic E-state index is 0.0509. The van der Waals surface area contributed by atoms with Gasteiger partial charge in [0.1, 0.15) is 0 Å². The van der Waals surface area contributed by atoms with Crippen LogP contribution in [0.2, 0.25) is 0 Å². The number of rotatable bonds is 6. The van der Waals surface area contributed by atoms with E-state index in [4.69, 9.17) is 18.0 Å². The van der Waals surface area contributed by atoms with Crippen molar-refractivity contribution in [3.05, 3.63) is 85.1 Å². The second-order valence-electron chi connectivity index (χ2n) is 11.3. The lowest BCUT2D eigenvalue weighted by Gasteiger charge is -2.52. The smallest absolute Gasteiger partial charge is 0.174 e. The molecule has 1 aromatic heterocycles. The van der Waals surface area contributed by atoms with Gasteiger partial charge in [-0.15, -0.1) is 6.58 Å². The average molecular weight is 526 g/mol. The van der Waals surface area contributed by atoms with Crippen LogP contribution in [0.5, 0.6) is 0 Å². The quantitative estimate of drug-likeness (QED) is 0.312. The van der Waals surface area contributed by atoms with Gasteiger partial charge in [0.2, 0.25) is 0 Å². The fourth-order valence-corrected chi connectivity index (χ4v) is 7.57. The summed E-state index contributed by atoms with van der Waals surface area (Å²) in [6.45, 7) is 6.35. The van der Waals surface area contributed by atoms with Crippen molar-refractivity contribution in [2.45, 2.75) is 62.7 Å². The van der Waals surface area contributed by atoms with E-state index in [0.717, 1.165) is 48.7 Å². The van der Waals surface area contributed by atoms with Crippen LogP contribution in [0.4, 0.5) is 5.69 Å². The van der Waals surface area contributed by atoms with Crippen LogP contribution in [-0.2, 0) is 0 Å². The third kappa shape index (κ3) is 4.86. The first-order chi connectivity index (χ1) is 18.6. The molecular weight excluding hydrogens is 486 g/mol. The summed E-state index contributed by atoms with van der Waals surface area (Å²) in [6.07, 6.45) is 11.0. The molecule has 3 aromatic rings. The monoisotopic (exact) mass is 525 g/mol. The van der Waals surface area contributed by atoms with Crippen molar-refractivity contribution in [3.8, 4) is 0 Å². The molecule has 4 heterocycles. The summed E-state index contributed by atoms with van der Waals surface area (Å²) in [5.74, 6) is 1.24. The van der Waals surface area contributed by atoms with Gasteiger partial charge in [-0.05, 0) is 86.1 Å². The van der Waals surface area contributed by atoms with Gasteiger partial charge in [-0.1, -0.05) is 55.3 Å². The molecule has 7 atom stereocenters. The van der Waals surface area contributed by atoms with Crippen LogP contribution in [0.15, 0.2) is 79.5 Å². The normalized spacial score (nSPS) is 29.5. The van der Waals surface area contributed by atoms with Crippen LogP contribution >= 0.6 is 12.2 Å². The number of aromatic nitrogens is 1.